The first-order chi connectivity index (χ1) is 14.9. The summed E-state index contributed by atoms with van der Waals surface area (Å²) in [7, 11) is -2.15. The van der Waals surface area contributed by atoms with Crippen molar-refractivity contribution < 1.29 is 17.9 Å². The number of rotatable bonds is 5. The third kappa shape index (κ3) is 4.48. The van der Waals surface area contributed by atoms with E-state index < -0.39 is 16.1 Å². The van der Waals surface area contributed by atoms with Gasteiger partial charge in [0.05, 0.1) is 18.5 Å². The molecule has 0 atom stereocenters. The van der Waals surface area contributed by atoms with Gasteiger partial charge in [-0.2, -0.15) is 0 Å². The summed E-state index contributed by atoms with van der Waals surface area (Å²) in [5.74, 6) is 0.471. The van der Waals surface area contributed by atoms with E-state index >= 15 is 0 Å². The summed E-state index contributed by atoms with van der Waals surface area (Å²) >= 11 is 7.20. The maximum absolute atomic E-state index is 13.1. The number of thiophene rings is 1. The number of aryl methyl sites for hydroxylation is 1. The number of hydrogen-bond donors (Lipinski definition) is 2. The lowest BCUT2D eigenvalue weighted by Crippen LogP contribution is -2.35. The summed E-state index contributed by atoms with van der Waals surface area (Å²) in [5.41, 5.74) is 2.41. The first kappa shape index (κ1) is 21.5. The van der Waals surface area contributed by atoms with Crippen LogP contribution >= 0.6 is 22.9 Å². The summed E-state index contributed by atoms with van der Waals surface area (Å²) in [6, 6.07) is 13.0. The zero-order chi connectivity index (χ0) is 22.0. The Balaban J connectivity index is 1.58. The van der Waals surface area contributed by atoms with Gasteiger partial charge in [0.25, 0.3) is 10.0 Å². The zero-order valence-electron chi connectivity index (χ0n) is 16.6. The number of sulfonamides is 1. The molecule has 0 saturated heterocycles. The Morgan fingerprint density at radius 3 is 2.74 bits per heavy atom. The van der Waals surface area contributed by atoms with Crippen molar-refractivity contribution in [1.82, 2.24) is 0 Å². The zero-order valence-corrected chi connectivity index (χ0v) is 19.0. The lowest BCUT2D eigenvalue weighted by atomic mass is 10.0. The molecule has 0 radical (unpaired) electrons. The number of hydrogen-bond acceptors (Lipinski definition) is 5. The molecule has 1 aliphatic heterocycles. The molecular formula is C21H20ClN3O4S2. The number of carbonyl (C=O) groups is 1. The Labute approximate surface area is 189 Å². The fourth-order valence-electron chi connectivity index (χ4n) is 3.45. The number of amides is 2. The van der Waals surface area contributed by atoms with Crippen LogP contribution in [0.2, 0.25) is 5.02 Å². The van der Waals surface area contributed by atoms with Crippen LogP contribution in [-0.2, 0) is 16.4 Å². The van der Waals surface area contributed by atoms with Crippen molar-refractivity contribution in [1.29, 1.82) is 0 Å². The second-order valence-corrected chi connectivity index (χ2v) is 10.4. The van der Waals surface area contributed by atoms with Gasteiger partial charge >= 0.3 is 6.03 Å². The number of carbonyl (C=O) groups excluding carboxylic acids is 1. The van der Waals surface area contributed by atoms with E-state index in [0.717, 1.165) is 18.4 Å². The van der Waals surface area contributed by atoms with Crippen LogP contribution in [0, 0.1) is 0 Å². The monoisotopic (exact) mass is 477 g/mol. The van der Waals surface area contributed by atoms with Gasteiger partial charge in [-0.15, -0.1) is 11.3 Å². The van der Waals surface area contributed by atoms with Crippen LogP contribution in [0.25, 0.3) is 0 Å². The predicted molar refractivity (Wildman–Crippen MR) is 124 cm³/mol. The van der Waals surface area contributed by atoms with Gasteiger partial charge in [0.1, 0.15) is 9.96 Å². The van der Waals surface area contributed by atoms with Gasteiger partial charge in [0.2, 0.25) is 0 Å². The average Bonchev–Trinajstić information content (AvgIpc) is 3.29. The SMILES string of the molecule is COc1ccc(Cl)cc1NC(=O)Nc1ccc2c(c1)N(S(=O)(=O)c1cccs1)CCC2. The molecule has 0 bridgehead atoms. The highest BCUT2D eigenvalue weighted by Crippen LogP contribution is 2.35. The number of anilines is 3. The molecule has 7 nitrogen and oxygen atoms in total. The topological polar surface area (TPSA) is 87.7 Å². The second kappa shape index (κ2) is 8.78. The van der Waals surface area contributed by atoms with Gasteiger partial charge in [-0.1, -0.05) is 23.7 Å². The number of urea groups is 1. The minimum Gasteiger partial charge on any atom is -0.495 e. The highest BCUT2D eigenvalue weighted by atomic mass is 35.5. The molecule has 0 saturated carbocycles. The molecule has 0 spiro atoms. The molecule has 2 heterocycles. The van der Waals surface area contributed by atoms with Crippen LogP contribution in [-0.4, -0.2) is 28.1 Å². The highest BCUT2D eigenvalue weighted by molar-refractivity contribution is 7.94. The van der Waals surface area contributed by atoms with E-state index in [0.29, 0.717) is 38.6 Å². The molecule has 1 aliphatic rings. The third-order valence-electron chi connectivity index (χ3n) is 4.87. The molecule has 10 heteroatoms. The van der Waals surface area contributed by atoms with E-state index in [2.05, 4.69) is 10.6 Å². The number of nitrogens with one attached hydrogen (secondary N) is 2. The normalized spacial score (nSPS) is 13.4. The number of halogens is 1. The van der Waals surface area contributed by atoms with Gasteiger partial charge in [0.15, 0.2) is 0 Å². The molecule has 2 amide bonds. The van der Waals surface area contributed by atoms with Gasteiger partial charge in [-0.3, -0.25) is 4.31 Å². The smallest absolute Gasteiger partial charge is 0.323 e. The standard InChI is InChI=1S/C21H20ClN3O4S2/c1-29-19-9-7-15(22)12-17(19)24-21(26)23-16-8-6-14-4-2-10-25(18(14)13-16)31(27,28)20-5-3-11-30-20/h3,5-9,11-13H,2,4,10H2,1H3,(H2,23,24,26). The van der Waals surface area contributed by atoms with E-state index in [1.807, 2.05) is 6.07 Å². The minimum atomic E-state index is -3.65. The number of benzene rings is 2. The van der Waals surface area contributed by atoms with Gasteiger partial charge in [0, 0.05) is 17.3 Å². The minimum absolute atomic E-state index is 0.296. The number of ether oxygens (including phenoxy) is 1. The van der Waals surface area contributed by atoms with Crippen molar-refractivity contribution in [3.05, 3.63) is 64.5 Å². The largest absolute Gasteiger partial charge is 0.495 e. The molecule has 0 aliphatic carbocycles. The summed E-state index contributed by atoms with van der Waals surface area (Å²) in [6.07, 6.45) is 1.51. The van der Waals surface area contributed by atoms with Crippen LogP contribution in [0.3, 0.4) is 0 Å². The number of fused-ring (bicyclic) bond motifs is 1. The van der Waals surface area contributed by atoms with Crippen LogP contribution < -0.4 is 19.7 Å². The molecule has 1 aromatic heterocycles. The van der Waals surface area contributed by atoms with Crippen molar-refractivity contribution in [2.24, 2.45) is 0 Å². The van der Waals surface area contributed by atoms with E-state index in [1.165, 1.54) is 22.8 Å². The molecule has 0 unspecified atom stereocenters. The number of methoxy groups -OCH3 is 1. The quantitative estimate of drug-likeness (QED) is 0.529. The molecular weight excluding hydrogens is 458 g/mol. The Morgan fingerprint density at radius 2 is 2.00 bits per heavy atom. The maximum atomic E-state index is 13.1. The van der Waals surface area contributed by atoms with Crippen LogP contribution in [0.1, 0.15) is 12.0 Å². The van der Waals surface area contributed by atoms with Crippen molar-refractivity contribution in [2.75, 3.05) is 28.6 Å². The van der Waals surface area contributed by atoms with Gasteiger partial charge in [-0.05, 0) is 60.2 Å². The van der Waals surface area contributed by atoms with Crippen LogP contribution in [0.15, 0.2) is 58.1 Å². The van der Waals surface area contributed by atoms with Crippen molar-refractivity contribution in [3.8, 4) is 5.75 Å². The van der Waals surface area contributed by atoms with E-state index in [1.54, 1.807) is 47.8 Å². The molecule has 2 N–H and O–H groups in total. The lowest BCUT2D eigenvalue weighted by Gasteiger charge is -2.30. The number of nitrogens with zero attached hydrogens (tertiary/aromatic N) is 1. The summed E-state index contributed by atoms with van der Waals surface area (Å²) in [6.45, 7) is 0.391. The molecule has 2 aromatic carbocycles. The van der Waals surface area contributed by atoms with Crippen molar-refractivity contribution in [2.45, 2.75) is 17.1 Å². The van der Waals surface area contributed by atoms with Crippen molar-refractivity contribution in [3.63, 3.8) is 0 Å². The maximum Gasteiger partial charge on any atom is 0.323 e. The average molecular weight is 478 g/mol. The second-order valence-electron chi connectivity index (χ2n) is 6.88. The van der Waals surface area contributed by atoms with Crippen molar-refractivity contribution >= 4 is 56.1 Å². The molecule has 3 aromatic rings. The fraction of sp³-hybridized carbons (Fsp3) is 0.190. The summed E-state index contributed by atoms with van der Waals surface area (Å²) < 4.78 is 33.1. The van der Waals surface area contributed by atoms with E-state index in [9.17, 15) is 13.2 Å². The van der Waals surface area contributed by atoms with Crippen LogP contribution in [0.5, 0.6) is 5.75 Å². The summed E-state index contributed by atoms with van der Waals surface area (Å²) in [5, 5.41) is 7.65. The highest BCUT2D eigenvalue weighted by Gasteiger charge is 2.30. The Bertz CT molecular complexity index is 1210. The molecule has 0 fully saturated rings. The molecule has 31 heavy (non-hydrogen) atoms. The Hall–Kier alpha value is -2.75. The molecule has 4 rings (SSSR count). The lowest BCUT2D eigenvalue weighted by molar-refractivity contribution is 0.262. The summed E-state index contributed by atoms with van der Waals surface area (Å²) in [4.78, 5) is 12.5. The first-order valence-corrected chi connectivity index (χ1v) is 12.2. The first-order valence-electron chi connectivity index (χ1n) is 9.49. The van der Waals surface area contributed by atoms with Gasteiger partial charge in [-0.25, -0.2) is 13.2 Å². The fourth-order valence-corrected chi connectivity index (χ4v) is 6.26. The third-order valence-corrected chi connectivity index (χ3v) is 8.29. The predicted octanol–water partition coefficient (Wildman–Crippen LogP) is 5.20. The van der Waals surface area contributed by atoms with E-state index in [-0.39, 0.29) is 0 Å². The Kier molecular flexibility index (Phi) is 6.08. The molecule has 162 valence electrons. The van der Waals surface area contributed by atoms with Crippen LogP contribution in [0.4, 0.5) is 21.9 Å². The van der Waals surface area contributed by atoms with Gasteiger partial charge < -0.3 is 15.4 Å². The Morgan fingerprint density at radius 1 is 1.16 bits per heavy atom. The van der Waals surface area contributed by atoms with E-state index in [4.69, 9.17) is 16.3 Å².